The average molecular weight is 222 g/mol. The molecule has 15 heavy (non-hydrogen) atoms. The maximum Gasteiger partial charge on any atom is 0.491 e. The zero-order chi connectivity index (χ0) is 11.6. The molecule has 0 amide bonds. The van der Waals surface area contributed by atoms with Crippen LogP contribution in [0.4, 0.5) is 13.2 Å². The molecule has 0 atom stereocenters. The number of rotatable bonds is 1. The van der Waals surface area contributed by atoms with Gasteiger partial charge in [-0.25, -0.2) is 4.79 Å². The Hall–Kier alpha value is -1.92. The molecule has 7 heteroatoms. The van der Waals surface area contributed by atoms with Crippen LogP contribution in [0, 0.1) is 0 Å². The standard InChI is InChI=1S/C8H5F3O4/c9-8(10,11)7(14)15-5-3-1-2-4(12)6(5)13/h1-3,12-13H. The van der Waals surface area contributed by atoms with Crippen molar-refractivity contribution in [3.8, 4) is 17.2 Å². The maximum absolute atomic E-state index is 11.7. The SMILES string of the molecule is O=C(Oc1cccc(O)c1O)C(F)(F)F. The highest BCUT2D eigenvalue weighted by Gasteiger charge is 2.41. The van der Waals surface area contributed by atoms with Gasteiger partial charge >= 0.3 is 12.1 Å². The van der Waals surface area contributed by atoms with Gasteiger partial charge in [-0.1, -0.05) is 6.07 Å². The molecule has 2 N–H and O–H groups in total. The van der Waals surface area contributed by atoms with E-state index in [2.05, 4.69) is 4.74 Å². The van der Waals surface area contributed by atoms with Gasteiger partial charge in [-0.3, -0.25) is 0 Å². The molecule has 0 aliphatic carbocycles. The number of ether oxygens (including phenoxy) is 1. The number of esters is 1. The zero-order valence-electron chi connectivity index (χ0n) is 7.08. The van der Waals surface area contributed by atoms with E-state index in [4.69, 9.17) is 10.2 Å². The highest BCUT2D eigenvalue weighted by atomic mass is 19.4. The lowest BCUT2D eigenvalue weighted by atomic mass is 10.3. The van der Waals surface area contributed by atoms with Crippen molar-refractivity contribution in [2.24, 2.45) is 0 Å². The minimum Gasteiger partial charge on any atom is -0.504 e. The van der Waals surface area contributed by atoms with E-state index < -0.39 is 29.4 Å². The van der Waals surface area contributed by atoms with Crippen molar-refractivity contribution in [1.29, 1.82) is 0 Å². The Morgan fingerprint density at radius 3 is 2.40 bits per heavy atom. The minimum absolute atomic E-state index is 0.678. The van der Waals surface area contributed by atoms with Gasteiger partial charge in [-0.05, 0) is 12.1 Å². The highest BCUT2D eigenvalue weighted by molar-refractivity contribution is 5.79. The molecule has 1 aromatic rings. The van der Waals surface area contributed by atoms with E-state index in [9.17, 15) is 18.0 Å². The first kappa shape index (κ1) is 11.2. The van der Waals surface area contributed by atoms with Crippen LogP contribution in [0.3, 0.4) is 0 Å². The fraction of sp³-hybridized carbons (Fsp3) is 0.125. The number of para-hydroxylation sites is 1. The number of benzene rings is 1. The number of phenols is 2. The number of alkyl halides is 3. The van der Waals surface area contributed by atoms with Crippen molar-refractivity contribution >= 4 is 5.97 Å². The summed E-state index contributed by atoms with van der Waals surface area (Å²) in [5.41, 5.74) is 0. The molecule has 0 fully saturated rings. The summed E-state index contributed by atoms with van der Waals surface area (Å²) in [6, 6.07) is 3.06. The van der Waals surface area contributed by atoms with E-state index in [1.165, 1.54) is 0 Å². The maximum atomic E-state index is 11.7. The van der Waals surface area contributed by atoms with Gasteiger partial charge in [0.25, 0.3) is 0 Å². The fourth-order valence-corrected chi connectivity index (χ4v) is 0.751. The van der Waals surface area contributed by atoms with Crippen molar-refractivity contribution in [2.45, 2.75) is 6.18 Å². The van der Waals surface area contributed by atoms with Crippen molar-refractivity contribution in [2.75, 3.05) is 0 Å². The van der Waals surface area contributed by atoms with Gasteiger partial charge < -0.3 is 14.9 Å². The van der Waals surface area contributed by atoms with E-state index in [1.807, 2.05) is 0 Å². The molecule has 0 bridgehead atoms. The van der Waals surface area contributed by atoms with Crippen LogP contribution < -0.4 is 4.74 Å². The van der Waals surface area contributed by atoms with Gasteiger partial charge in [0.1, 0.15) is 0 Å². The van der Waals surface area contributed by atoms with Crippen molar-refractivity contribution < 1.29 is 32.9 Å². The van der Waals surface area contributed by atoms with Crippen LogP contribution in [0.25, 0.3) is 0 Å². The van der Waals surface area contributed by atoms with Crippen LogP contribution in [-0.2, 0) is 4.79 Å². The molecule has 0 aromatic heterocycles. The third-order valence-corrected chi connectivity index (χ3v) is 1.41. The first-order chi connectivity index (χ1) is 6.82. The Balaban J connectivity index is 2.91. The summed E-state index contributed by atoms with van der Waals surface area (Å²) in [6.07, 6.45) is -5.15. The third-order valence-electron chi connectivity index (χ3n) is 1.41. The Morgan fingerprint density at radius 1 is 1.27 bits per heavy atom. The topological polar surface area (TPSA) is 66.8 Å². The zero-order valence-corrected chi connectivity index (χ0v) is 7.08. The van der Waals surface area contributed by atoms with Crippen LogP contribution >= 0.6 is 0 Å². The minimum atomic E-state index is -5.15. The fourth-order valence-electron chi connectivity index (χ4n) is 0.751. The lowest BCUT2D eigenvalue weighted by Gasteiger charge is -2.08. The number of hydrogen-bond acceptors (Lipinski definition) is 4. The second kappa shape index (κ2) is 3.68. The average Bonchev–Trinajstić information content (AvgIpc) is 2.11. The second-order valence-electron chi connectivity index (χ2n) is 2.51. The van der Waals surface area contributed by atoms with Gasteiger partial charge in [-0.15, -0.1) is 0 Å². The van der Waals surface area contributed by atoms with E-state index in [1.54, 1.807) is 0 Å². The predicted molar refractivity (Wildman–Crippen MR) is 41.5 cm³/mol. The van der Waals surface area contributed by atoms with Crippen LogP contribution in [0.15, 0.2) is 18.2 Å². The molecular formula is C8H5F3O4. The summed E-state index contributed by atoms with van der Waals surface area (Å²) in [5.74, 6) is -4.82. The molecule has 0 saturated heterocycles. The molecule has 1 aromatic carbocycles. The molecule has 0 spiro atoms. The number of aromatic hydroxyl groups is 2. The van der Waals surface area contributed by atoms with Crippen molar-refractivity contribution in [3.05, 3.63) is 18.2 Å². The Morgan fingerprint density at radius 2 is 1.87 bits per heavy atom. The van der Waals surface area contributed by atoms with E-state index in [-0.39, 0.29) is 0 Å². The normalized spacial score (nSPS) is 11.1. The lowest BCUT2D eigenvalue weighted by Crippen LogP contribution is -2.27. The smallest absolute Gasteiger partial charge is 0.491 e. The summed E-state index contributed by atoms with van der Waals surface area (Å²) < 4.78 is 39.1. The second-order valence-corrected chi connectivity index (χ2v) is 2.51. The summed E-state index contributed by atoms with van der Waals surface area (Å²) >= 11 is 0. The summed E-state index contributed by atoms with van der Waals surface area (Å²) in [7, 11) is 0. The van der Waals surface area contributed by atoms with Gasteiger partial charge in [0.05, 0.1) is 0 Å². The van der Waals surface area contributed by atoms with Gasteiger partial charge in [0.2, 0.25) is 5.75 Å². The lowest BCUT2D eigenvalue weighted by molar-refractivity contribution is -0.189. The molecule has 1 rings (SSSR count). The van der Waals surface area contributed by atoms with Gasteiger partial charge in [0, 0.05) is 0 Å². The molecule has 82 valence electrons. The quantitative estimate of drug-likeness (QED) is 0.430. The van der Waals surface area contributed by atoms with Crippen LogP contribution in [-0.4, -0.2) is 22.4 Å². The predicted octanol–water partition coefficient (Wildman–Crippen LogP) is 1.57. The molecule has 4 nitrogen and oxygen atoms in total. The molecule has 0 radical (unpaired) electrons. The van der Waals surface area contributed by atoms with Crippen LogP contribution in [0.2, 0.25) is 0 Å². The molecular weight excluding hydrogens is 217 g/mol. The van der Waals surface area contributed by atoms with Gasteiger partial charge in [-0.2, -0.15) is 13.2 Å². The number of hydrogen-bond donors (Lipinski definition) is 2. The monoisotopic (exact) mass is 222 g/mol. The Kier molecular flexibility index (Phi) is 2.74. The Labute approximate surface area is 81.5 Å². The van der Waals surface area contributed by atoms with E-state index in [0.717, 1.165) is 18.2 Å². The number of halogens is 3. The summed E-state index contributed by atoms with van der Waals surface area (Å²) in [5, 5.41) is 17.9. The first-order valence-electron chi connectivity index (χ1n) is 3.62. The van der Waals surface area contributed by atoms with Crippen LogP contribution in [0.5, 0.6) is 17.2 Å². The van der Waals surface area contributed by atoms with Crippen LogP contribution in [0.1, 0.15) is 0 Å². The summed E-state index contributed by atoms with van der Waals surface area (Å²) in [4.78, 5) is 10.4. The molecule has 0 aliphatic heterocycles. The summed E-state index contributed by atoms with van der Waals surface area (Å²) in [6.45, 7) is 0. The van der Waals surface area contributed by atoms with Crippen molar-refractivity contribution in [1.82, 2.24) is 0 Å². The molecule has 0 aliphatic rings. The first-order valence-corrected chi connectivity index (χ1v) is 3.62. The highest BCUT2D eigenvalue weighted by Crippen LogP contribution is 2.35. The van der Waals surface area contributed by atoms with E-state index >= 15 is 0 Å². The molecule has 0 heterocycles. The number of carbonyl (C=O) groups is 1. The van der Waals surface area contributed by atoms with Crippen molar-refractivity contribution in [3.63, 3.8) is 0 Å². The number of phenolic OH excluding ortho intramolecular Hbond substituents is 2. The van der Waals surface area contributed by atoms with Gasteiger partial charge in [0.15, 0.2) is 11.5 Å². The molecule has 0 unspecified atom stereocenters. The molecule has 0 saturated carbocycles. The third kappa shape index (κ3) is 2.52. The Bertz CT molecular complexity index is 386. The largest absolute Gasteiger partial charge is 0.504 e. The van der Waals surface area contributed by atoms with E-state index in [0.29, 0.717) is 0 Å². The number of carbonyl (C=O) groups excluding carboxylic acids is 1.